The van der Waals surface area contributed by atoms with Gasteiger partial charge in [-0.25, -0.2) is 0 Å². The maximum absolute atomic E-state index is 9.25. The zero-order chi connectivity index (χ0) is 18.2. The molecule has 0 unspecified atom stereocenters. The van der Waals surface area contributed by atoms with Gasteiger partial charge >= 0.3 is 0 Å². The Morgan fingerprint density at radius 1 is 1.12 bits per heavy atom. The highest BCUT2D eigenvalue weighted by molar-refractivity contribution is 6.74. The lowest BCUT2D eigenvalue weighted by molar-refractivity contribution is 0.136. The lowest BCUT2D eigenvalue weighted by Gasteiger charge is -2.37. The molecule has 2 fully saturated rings. The first-order chi connectivity index (χ1) is 11.2. The molecule has 2 rings (SSSR count). The maximum atomic E-state index is 9.25. The second kappa shape index (κ2) is 10.2. The van der Waals surface area contributed by atoms with E-state index in [-0.39, 0.29) is 5.04 Å². The van der Waals surface area contributed by atoms with E-state index in [0.29, 0.717) is 25.3 Å². The van der Waals surface area contributed by atoms with Crippen LogP contribution in [0, 0.1) is 0 Å². The molecule has 24 heavy (non-hydrogen) atoms. The molecule has 5 nitrogen and oxygen atoms in total. The summed E-state index contributed by atoms with van der Waals surface area (Å²) in [7, 11) is -1.60. The summed E-state index contributed by atoms with van der Waals surface area (Å²) in [6.07, 6.45) is 4.73. The Kier molecular flexibility index (Phi) is 9.41. The van der Waals surface area contributed by atoms with Gasteiger partial charge in [0.05, 0.1) is 13.2 Å². The van der Waals surface area contributed by atoms with Crippen LogP contribution in [0.25, 0.3) is 0 Å². The number of likely N-dealkylation sites (tertiary alicyclic amines) is 1. The Morgan fingerprint density at radius 2 is 1.83 bits per heavy atom. The van der Waals surface area contributed by atoms with E-state index in [4.69, 9.17) is 9.53 Å². The van der Waals surface area contributed by atoms with Crippen LogP contribution in [0.4, 0.5) is 0 Å². The molecule has 0 radical (unpaired) electrons. The molecule has 0 aromatic carbocycles. The van der Waals surface area contributed by atoms with Crippen molar-refractivity contribution in [3.05, 3.63) is 0 Å². The minimum absolute atomic E-state index is 0.286. The monoisotopic (exact) mass is 360 g/mol. The first kappa shape index (κ1) is 22.1. The van der Waals surface area contributed by atoms with Crippen LogP contribution in [0.2, 0.25) is 18.1 Å². The summed E-state index contributed by atoms with van der Waals surface area (Å²) in [4.78, 5) is 2.37. The van der Waals surface area contributed by atoms with Crippen molar-refractivity contribution in [2.24, 2.45) is 0 Å². The maximum Gasteiger partial charge on any atom is 0.192 e. The normalized spacial score (nSPS) is 25.6. The third-order valence-electron chi connectivity index (χ3n) is 5.74. The van der Waals surface area contributed by atoms with Crippen LogP contribution in [0.15, 0.2) is 0 Å². The fourth-order valence-electron chi connectivity index (χ4n) is 2.94. The van der Waals surface area contributed by atoms with Gasteiger partial charge in [0.15, 0.2) is 8.32 Å². The summed E-state index contributed by atoms with van der Waals surface area (Å²) in [5, 5.41) is 21.2. The molecule has 2 saturated heterocycles. The number of aliphatic hydroxyl groups is 2. The van der Waals surface area contributed by atoms with E-state index < -0.39 is 8.32 Å². The second-order valence-electron chi connectivity index (χ2n) is 8.60. The van der Waals surface area contributed by atoms with E-state index in [0.717, 1.165) is 39.1 Å². The van der Waals surface area contributed by atoms with Gasteiger partial charge in [-0.05, 0) is 56.9 Å². The fraction of sp³-hybridized carbons (Fsp3) is 1.00. The first-order valence-electron chi connectivity index (χ1n) is 9.54. The van der Waals surface area contributed by atoms with Crippen molar-refractivity contribution in [3.8, 4) is 0 Å². The highest BCUT2D eigenvalue weighted by Gasteiger charge is 2.37. The van der Waals surface area contributed by atoms with E-state index >= 15 is 0 Å². The summed E-state index contributed by atoms with van der Waals surface area (Å²) in [6, 6.07) is 0.776. The van der Waals surface area contributed by atoms with Gasteiger partial charge in [-0.2, -0.15) is 0 Å². The van der Waals surface area contributed by atoms with Gasteiger partial charge < -0.3 is 20.0 Å². The lowest BCUT2D eigenvalue weighted by atomic mass is 10.2. The van der Waals surface area contributed by atoms with Gasteiger partial charge in [0.2, 0.25) is 0 Å². The Balaban J connectivity index is 0.000000341. The van der Waals surface area contributed by atoms with Crippen LogP contribution in [0.5, 0.6) is 0 Å². The number of nitrogens with zero attached hydrogens (tertiary/aromatic N) is 1. The average Bonchev–Trinajstić information content (AvgIpc) is 3.17. The molecule has 2 heterocycles. The van der Waals surface area contributed by atoms with E-state index in [2.05, 4.69) is 44.1 Å². The summed E-state index contributed by atoms with van der Waals surface area (Å²) in [6.45, 7) is 16.0. The summed E-state index contributed by atoms with van der Waals surface area (Å²) >= 11 is 0. The predicted octanol–water partition coefficient (Wildman–Crippen LogP) is 2.20. The van der Waals surface area contributed by atoms with Gasteiger partial charge in [0.25, 0.3) is 0 Å². The Labute approximate surface area is 149 Å². The van der Waals surface area contributed by atoms with E-state index in [1.54, 1.807) is 0 Å². The van der Waals surface area contributed by atoms with Gasteiger partial charge in [0, 0.05) is 25.2 Å². The molecule has 0 aliphatic carbocycles. The SMILES string of the molecule is CC(C)(C)[Si](C)(C)OCCN1CCC[C@H]1CO.OC[C@@H]1CCCN1. The predicted molar refractivity (Wildman–Crippen MR) is 103 cm³/mol. The molecule has 0 spiro atoms. The molecule has 3 N–H and O–H groups in total. The number of hydrogen-bond donors (Lipinski definition) is 3. The number of aliphatic hydroxyl groups excluding tert-OH is 2. The minimum Gasteiger partial charge on any atom is -0.416 e. The third-order valence-corrected chi connectivity index (χ3v) is 10.3. The van der Waals surface area contributed by atoms with Gasteiger partial charge in [-0.15, -0.1) is 0 Å². The molecule has 0 bridgehead atoms. The van der Waals surface area contributed by atoms with E-state index in [9.17, 15) is 5.11 Å². The molecule has 0 aromatic heterocycles. The van der Waals surface area contributed by atoms with Crippen LogP contribution < -0.4 is 5.32 Å². The first-order valence-corrected chi connectivity index (χ1v) is 12.4. The fourth-order valence-corrected chi connectivity index (χ4v) is 3.98. The van der Waals surface area contributed by atoms with Crippen molar-refractivity contribution in [2.45, 2.75) is 76.7 Å². The number of rotatable bonds is 6. The average molecular weight is 361 g/mol. The standard InChI is InChI=1S/C13H29NO2Si.C5H11NO/c1-13(2,3)17(4,5)16-10-9-14-8-6-7-12(14)11-15;7-4-5-2-1-3-6-5/h12,15H,6-11H2,1-5H3;5-7H,1-4H2/t12-;5-/m00/s1. The molecule has 144 valence electrons. The van der Waals surface area contributed by atoms with Gasteiger partial charge in [0.1, 0.15) is 0 Å². The largest absolute Gasteiger partial charge is 0.416 e. The third kappa shape index (κ3) is 7.10. The summed E-state index contributed by atoms with van der Waals surface area (Å²) < 4.78 is 6.16. The minimum atomic E-state index is -1.60. The van der Waals surface area contributed by atoms with Gasteiger partial charge in [-0.1, -0.05) is 20.8 Å². The topological polar surface area (TPSA) is 65.0 Å². The molecule has 0 amide bonds. The van der Waals surface area contributed by atoms with Gasteiger partial charge in [-0.3, -0.25) is 4.90 Å². The second-order valence-corrected chi connectivity index (χ2v) is 13.4. The molecule has 2 atom stereocenters. The zero-order valence-corrected chi connectivity index (χ0v) is 17.5. The summed E-state index contributed by atoms with van der Waals surface area (Å²) in [5.74, 6) is 0. The molecule has 0 aromatic rings. The van der Waals surface area contributed by atoms with Crippen LogP contribution in [0.1, 0.15) is 46.5 Å². The van der Waals surface area contributed by atoms with Crippen molar-refractivity contribution in [2.75, 3.05) is 39.5 Å². The zero-order valence-electron chi connectivity index (χ0n) is 16.5. The lowest BCUT2D eigenvalue weighted by Crippen LogP contribution is -2.43. The summed E-state index contributed by atoms with van der Waals surface area (Å²) in [5.41, 5.74) is 0. The highest BCUT2D eigenvalue weighted by atomic mass is 28.4. The van der Waals surface area contributed by atoms with Crippen molar-refractivity contribution < 1.29 is 14.6 Å². The van der Waals surface area contributed by atoms with E-state index in [1.165, 1.54) is 12.8 Å². The van der Waals surface area contributed by atoms with Crippen molar-refractivity contribution in [1.82, 2.24) is 10.2 Å². The Hall–Kier alpha value is 0.0169. The molecule has 0 saturated carbocycles. The quantitative estimate of drug-likeness (QED) is 0.634. The molecule has 2 aliphatic rings. The molecular weight excluding hydrogens is 320 g/mol. The highest BCUT2D eigenvalue weighted by Crippen LogP contribution is 2.36. The smallest absolute Gasteiger partial charge is 0.192 e. The van der Waals surface area contributed by atoms with Crippen molar-refractivity contribution in [3.63, 3.8) is 0 Å². The Morgan fingerprint density at radius 3 is 2.29 bits per heavy atom. The van der Waals surface area contributed by atoms with Crippen molar-refractivity contribution >= 4 is 8.32 Å². The van der Waals surface area contributed by atoms with E-state index in [1.807, 2.05) is 0 Å². The number of hydrogen-bond acceptors (Lipinski definition) is 5. The van der Waals surface area contributed by atoms with Crippen LogP contribution >= 0.6 is 0 Å². The Bertz CT molecular complexity index is 342. The molecular formula is C18H40N2O3Si. The molecule has 6 heteroatoms. The van der Waals surface area contributed by atoms with Crippen molar-refractivity contribution in [1.29, 1.82) is 0 Å². The molecule has 2 aliphatic heterocycles. The van der Waals surface area contributed by atoms with Crippen LogP contribution in [0.3, 0.4) is 0 Å². The number of nitrogens with one attached hydrogen (secondary N) is 1. The van der Waals surface area contributed by atoms with Crippen LogP contribution in [-0.2, 0) is 4.43 Å². The van der Waals surface area contributed by atoms with Crippen LogP contribution in [-0.4, -0.2) is 75.0 Å².